The summed E-state index contributed by atoms with van der Waals surface area (Å²) in [7, 11) is 0. The van der Waals surface area contributed by atoms with Crippen molar-refractivity contribution in [2.45, 2.75) is 20.8 Å². The highest BCUT2D eigenvalue weighted by atomic mass is 16.3. The fourth-order valence-corrected chi connectivity index (χ4v) is 0.442. The Morgan fingerprint density at radius 1 is 1.56 bits per heavy atom. The molecule has 0 aliphatic rings. The Bertz CT molecular complexity index is 157. The Morgan fingerprint density at radius 2 is 2.00 bits per heavy atom. The lowest BCUT2D eigenvalue weighted by Crippen LogP contribution is -2.00. The van der Waals surface area contributed by atoms with Crippen LogP contribution in [0.2, 0.25) is 0 Å². The van der Waals surface area contributed by atoms with Crippen LogP contribution in [0, 0.1) is 16.7 Å². The monoisotopic (exact) mass is 125 g/mol. The van der Waals surface area contributed by atoms with Crippen LogP contribution in [0.15, 0.2) is 11.8 Å². The molecule has 0 rings (SSSR count). The van der Waals surface area contributed by atoms with E-state index < -0.39 is 0 Å². The van der Waals surface area contributed by atoms with Gasteiger partial charge in [0, 0.05) is 0 Å². The van der Waals surface area contributed by atoms with E-state index in [0.29, 0.717) is 0 Å². The van der Waals surface area contributed by atoms with Gasteiger partial charge in [0.2, 0.25) is 0 Å². The van der Waals surface area contributed by atoms with Gasteiger partial charge in [0.1, 0.15) is 6.07 Å². The van der Waals surface area contributed by atoms with Gasteiger partial charge < -0.3 is 5.11 Å². The summed E-state index contributed by atoms with van der Waals surface area (Å²) in [5.74, 6) is -0.206. The minimum atomic E-state index is -0.206. The van der Waals surface area contributed by atoms with Crippen LogP contribution >= 0.6 is 0 Å². The summed E-state index contributed by atoms with van der Waals surface area (Å²) < 4.78 is 0. The van der Waals surface area contributed by atoms with Gasteiger partial charge in [0.05, 0.1) is 0 Å². The van der Waals surface area contributed by atoms with Crippen molar-refractivity contribution in [3.63, 3.8) is 0 Å². The Labute approximate surface area is 55.4 Å². The minimum Gasteiger partial charge on any atom is -0.499 e. The van der Waals surface area contributed by atoms with Crippen LogP contribution < -0.4 is 0 Å². The second kappa shape index (κ2) is 2.54. The van der Waals surface area contributed by atoms with Crippen molar-refractivity contribution in [3.8, 4) is 6.07 Å². The van der Waals surface area contributed by atoms with E-state index >= 15 is 0 Å². The molecule has 0 heterocycles. The summed E-state index contributed by atoms with van der Waals surface area (Å²) >= 11 is 0. The molecular formula is C7H11NO. The Kier molecular flexibility index (Phi) is 2.27. The van der Waals surface area contributed by atoms with Gasteiger partial charge in [0.15, 0.2) is 5.76 Å². The van der Waals surface area contributed by atoms with E-state index in [1.165, 1.54) is 6.08 Å². The van der Waals surface area contributed by atoms with Crippen LogP contribution in [0.3, 0.4) is 0 Å². The van der Waals surface area contributed by atoms with Crippen molar-refractivity contribution in [2.75, 3.05) is 0 Å². The Morgan fingerprint density at radius 3 is 2.11 bits per heavy atom. The zero-order valence-corrected chi connectivity index (χ0v) is 5.97. The summed E-state index contributed by atoms with van der Waals surface area (Å²) in [4.78, 5) is 0. The smallest absolute Gasteiger partial charge is 0.190 e. The molecule has 2 heteroatoms. The third kappa shape index (κ3) is 4.89. The molecule has 0 bridgehead atoms. The summed E-state index contributed by atoms with van der Waals surface area (Å²) in [6.07, 6.45) is 1.52. The van der Waals surface area contributed by atoms with Crippen molar-refractivity contribution in [1.29, 1.82) is 5.26 Å². The van der Waals surface area contributed by atoms with Crippen molar-refractivity contribution >= 4 is 0 Å². The van der Waals surface area contributed by atoms with Crippen molar-refractivity contribution in [1.82, 2.24) is 0 Å². The van der Waals surface area contributed by atoms with Crippen LogP contribution in [-0.2, 0) is 0 Å². The number of allylic oxidation sites excluding steroid dienone is 2. The fourth-order valence-electron chi connectivity index (χ4n) is 0.442. The van der Waals surface area contributed by atoms with Crippen LogP contribution in [0.25, 0.3) is 0 Å². The molecule has 0 saturated carbocycles. The van der Waals surface area contributed by atoms with Gasteiger partial charge in [-0.1, -0.05) is 20.8 Å². The predicted molar refractivity (Wildman–Crippen MR) is 35.8 cm³/mol. The number of hydrogen-bond donors (Lipinski definition) is 1. The molecule has 0 amide bonds. The Balaban J connectivity index is 4.17. The first-order valence-corrected chi connectivity index (χ1v) is 2.77. The molecule has 0 aromatic carbocycles. The number of nitriles is 1. The topological polar surface area (TPSA) is 44.0 Å². The van der Waals surface area contributed by atoms with Crippen LogP contribution in [-0.4, -0.2) is 5.11 Å². The van der Waals surface area contributed by atoms with E-state index in [0.717, 1.165) is 0 Å². The van der Waals surface area contributed by atoms with Gasteiger partial charge in [-0.2, -0.15) is 5.26 Å². The highest BCUT2D eigenvalue weighted by Gasteiger charge is 2.06. The maximum absolute atomic E-state index is 8.69. The minimum absolute atomic E-state index is 0.111. The molecule has 0 aliphatic carbocycles. The second-order valence-corrected chi connectivity index (χ2v) is 3.01. The molecule has 0 aromatic heterocycles. The first kappa shape index (κ1) is 8.03. The molecule has 0 atom stereocenters. The summed E-state index contributed by atoms with van der Waals surface area (Å²) in [5, 5.41) is 16.8. The highest BCUT2D eigenvalue weighted by molar-refractivity contribution is 5.13. The molecule has 1 N–H and O–H groups in total. The Hall–Kier alpha value is -0.970. The van der Waals surface area contributed by atoms with E-state index in [-0.39, 0.29) is 11.2 Å². The number of aliphatic hydroxyl groups is 1. The van der Waals surface area contributed by atoms with E-state index in [2.05, 4.69) is 0 Å². The molecule has 0 unspecified atom stereocenters. The third-order valence-electron chi connectivity index (χ3n) is 0.684. The summed E-state index contributed by atoms with van der Waals surface area (Å²) in [5.41, 5.74) is -0.111. The van der Waals surface area contributed by atoms with Gasteiger partial charge in [-0.3, -0.25) is 0 Å². The number of nitrogens with zero attached hydrogens (tertiary/aromatic N) is 1. The zero-order valence-electron chi connectivity index (χ0n) is 5.97. The quantitative estimate of drug-likeness (QED) is 0.305. The molecule has 0 radical (unpaired) electrons. The molecule has 2 nitrogen and oxygen atoms in total. The molecule has 50 valence electrons. The number of rotatable bonds is 0. The number of hydrogen-bond acceptors (Lipinski definition) is 2. The molecule has 0 aliphatic heterocycles. The number of aliphatic hydroxyl groups excluding tert-OH is 1. The SMILES string of the molecule is CC(C)(C)C=C(O)C#N. The van der Waals surface area contributed by atoms with Gasteiger partial charge in [-0.25, -0.2) is 0 Å². The summed E-state index contributed by atoms with van der Waals surface area (Å²) in [6.45, 7) is 5.75. The highest BCUT2D eigenvalue weighted by Crippen LogP contribution is 2.15. The second-order valence-electron chi connectivity index (χ2n) is 3.01. The largest absolute Gasteiger partial charge is 0.499 e. The van der Waals surface area contributed by atoms with Crippen molar-refractivity contribution < 1.29 is 5.11 Å². The average Bonchev–Trinajstić information content (AvgIpc) is 1.62. The fraction of sp³-hybridized carbons (Fsp3) is 0.571. The normalized spacial score (nSPS) is 12.9. The van der Waals surface area contributed by atoms with Gasteiger partial charge in [-0.05, 0) is 11.5 Å². The van der Waals surface area contributed by atoms with Crippen molar-refractivity contribution in [3.05, 3.63) is 11.8 Å². The van der Waals surface area contributed by atoms with E-state index in [4.69, 9.17) is 10.4 Å². The van der Waals surface area contributed by atoms with E-state index in [1.807, 2.05) is 20.8 Å². The average molecular weight is 125 g/mol. The zero-order chi connectivity index (χ0) is 7.49. The molecule has 0 spiro atoms. The molecule has 0 saturated heterocycles. The third-order valence-corrected chi connectivity index (χ3v) is 0.684. The predicted octanol–water partition coefficient (Wildman–Crippen LogP) is 2.00. The lowest BCUT2D eigenvalue weighted by Gasteiger charge is -2.09. The van der Waals surface area contributed by atoms with Crippen LogP contribution in [0.1, 0.15) is 20.8 Å². The summed E-state index contributed by atoms with van der Waals surface area (Å²) in [6, 6.07) is 1.64. The molecule has 9 heavy (non-hydrogen) atoms. The molecule has 0 aromatic rings. The maximum Gasteiger partial charge on any atom is 0.190 e. The first-order valence-electron chi connectivity index (χ1n) is 2.77. The van der Waals surface area contributed by atoms with Crippen molar-refractivity contribution in [2.24, 2.45) is 5.41 Å². The molecule has 0 fully saturated rings. The van der Waals surface area contributed by atoms with Gasteiger partial charge in [-0.15, -0.1) is 0 Å². The standard InChI is InChI=1S/C7H11NO/c1-7(2,3)4-6(9)5-8/h4,9H,1-3H3. The lowest BCUT2D eigenvalue weighted by atomic mass is 9.96. The van der Waals surface area contributed by atoms with Gasteiger partial charge >= 0.3 is 0 Å². The van der Waals surface area contributed by atoms with Crippen LogP contribution in [0.5, 0.6) is 0 Å². The first-order chi connectivity index (χ1) is 3.95. The van der Waals surface area contributed by atoms with Crippen LogP contribution in [0.4, 0.5) is 0 Å². The maximum atomic E-state index is 8.69. The lowest BCUT2D eigenvalue weighted by molar-refractivity contribution is 0.413. The van der Waals surface area contributed by atoms with Gasteiger partial charge in [0.25, 0.3) is 0 Å². The van der Waals surface area contributed by atoms with E-state index in [1.54, 1.807) is 6.07 Å². The molecular weight excluding hydrogens is 114 g/mol. The van der Waals surface area contributed by atoms with E-state index in [9.17, 15) is 0 Å².